The third kappa shape index (κ3) is 9.02. The minimum absolute atomic E-state index is 0.423. The lowest BCUT2D eigenvalue weighted by molar-refractivity contribution is 0.0222. The van der Waals surface area contributed by atoms with Gasteiger partial charge in [-0.25, -0.2) is 0 Å². The number of fused-ring (bicyclic) bond motifs is 2. The lowest BCUT2D eigenvalue weighted by Crippen LogP contribution is -2.16. The number of rotatable bonds is 0. The molecule has 0 radical (unpaired) electrons. The van der Waals surface area contributed by atoms with Crippen molar-refractivity contribution >= 4 is 0 Å². The van der Waals surface area contributed by atoms with Gasteiger partial charge in [-0.05, 0) is 37.1 Å². The fourth-order valence-corrected chi connectivity index (χ4v) is 3.32. The highest BCUT2D eigenvalue weighted by atomic mass is 16.6. The maximum Gasteiger partial charge on any atom is 0.164 e. The Balaban J connectivity index is 1.49. The summed E-state index contributed by atoms with van der Waals surface area (Å²) in [5, 5.41) is 0. The van der Waals surface area contributed by atoms with E-state index in [4.69, 9.17) is 37.9 Å². The third-order valence-electron chi connectivity index (χ3n) is 5.01. The largest absolute Gasteiger partial charge is 0.487 e. The fourth-order valence-electron chi connectivity index (χ4n) is 3.32. The van der Waals surface area contributed by atoms with Crippen molar-refractivity contribution in [3.63, 3.8) is 0 Å². The monoisotopic (exact) mass is 476 g/mol. The predicted molar refractivity (Wildman–Crippen MR) is 128 cm³/mol. The van der Waals surface area contributed by atoms with Gasteiger partial charge >= 0.3 is 0 Å². The first kappa shape index (κ1) is 26.1. The topological polar surface area (TPSA) is 73.8 Å². The van der Waals surface area contributed by atoms with Crippen molar-refractivity contribution in [2.24, 2.45) is 0 Å². The van der Waals surface area contributed by atoms with Crippen molar-refractivity contribution in [2.45, 2.75) is 13.8 Å². The smallest absolute Gasteiger partial charge is 0.164 e. The highest BCUT2D eigenvalue weighted by molar-refractivity contribution is 5.46. The van der Waals surface area contributed by atoms with E-state index in [1.54, 1.807) is 0 Å². The Labute approximate surface area is 202 Å². The summed E-state index contributed by atoms with van der Waals surface area (Å²) in [7, 11) is 0. The van der Waals surface area contributed by atoms with Crippen molar-refractivity contribution < 1.29 is 37.9 Å². The molecule has 1 aliphatic rings. The lowest BCUT2D eigenvalue weighted by atomic mass is 10.2. The molecule has 34 heavy (non-hydrogen) atoms. The van der Waals surface area contributed by atoms with Crippen LogP contribution in [0.25, 0.3) is 0 Å². The van der Waals surface area contributed by atoms with Gasteiger partial charge < -0.3 is 37.9 Å². The molecule has 0 aromatic heterocycles. The first-order valence-electron chi connectivity index (χ1n) is 11.8. The van der Waals surface area contributed by atoms with Crippen LogP contribution in [0.1, 0.15) is 11.1 Å². The van der Waals surface area contributed by atoms with E-state index < -0.39 is 0 Å². The molecule has 1 aliphatic heterocycles. The van der Waals surface area contributed by atoms with Crippen molar-refractivity contribution in [2.75, 3.05) is 79.3 Å². The van der Waals surface area contributed by atoms with Crippen molar-refractivity contribution in [1.29, 1.82) is 0 Å². The van der Waals surface area contributed by atoms with E-state index in [1.807, 2.05) is 50.2 Å². The molecule has 0 fully saturated rings. The summed E-state index contributed by atoms with van der Waals surface area (Å²) < 4.78 is 46.0. The van der Waals surface area contributed by atoms with Crippen LogP contribution in [-0.4, -0.2) is 79.3 Å². The lowest BCUT2D eigenvalue weighted by Gasteiger charge is -2.16. The molecule has 2 aromatic rings. The molecule has 0 saturated carbocycles. The highest BCUT2D eigenvalue weighted by Crippen LogP contribution is 2.31. The van der Waals surface area contributed by atoms with E-state index in [-0.39, 0.29) is 0 Å². The average Bonchev–Trinajstić information content (AvgIpc) is 2.83. The van der Waals surface area contributed by atoms with Crippen LogP contribution in [0, 0.1) is 13.8 Å². The molecule has 0 saturated heterocycles. The Kier molecular flexibility index (Phi) is 11.8. The Bertz CT molecular complexity index is 772. The minimum Gasteiger partial charge on any atom is -0.487 e. The zero-order chi connectivity index (χ0) is 23.8. The number of para-hydroxylation sites is 2. The van der Waals surface area contributed by atoms with Crippen LogP contribution in [0.4, 0.5) is 0 Å². The number of ether oxygens (including phenoxy) is 8. The van der Waals surface area contributed by atoms with Crippen LogP contribution in [-0.2, 0) is 18.9 Å². The van der Waals surface area contributed by atoms with Gasteiger partial charge in [0.25, 0.3) is 0 Å². The number of benzene rings is 2. The quantitative estimate of drug-likeness (QED) is 0.571. The summed E-state index contributed by atoms with van der Waals surface area (Å²) in [6, 6.07) is 11.7. The number of aryl methyl sites for hydroxylation is 2. The van der Waals surface area contributed by atoms with Gasteiger partial charge in [0.05, 0.1) is 52.9 Å². The van der Waals surface area contributed by atoms with Crippen LogP contribution in [0.2, 0.25) is 0 Å². The number of hydrogen-bond acceptors (Lipinski definition) is 8. The average molecular weight is 477 g/mol. The Morgan fingerprint density at radius 1 is 0.412 bits per heavy atom. The molecule has 0 atom stereocenters. The van der Waals surface area contributed by atoms with Crippen molar-refractivity contribution in [3.8, 4) is 23.0 Å². The second-order valence-electron chi connectivity index (χ2n) is 7.65. The number of hydrogen-bond donors (Lipinski definition) is 0. The zero-order valence-electron chi connectivity index (χ0n) is 20.2. The molecule has 2 aromatic carbocycles. The van der Waals surface area contributed by atoms with Crippen molar-refractivity contribution in [3.05, 3.63) is 47.5 Å². The first-order chi connectivity index (χ1) is 16.8. The van der Waals surface area contributed by atoms with Gasteiger partial charge in [-0.3, -0.25) is 0 Å². The molecule has 188 valence electrons. The molecule has 0 aliphatic carbocycles. The van der Waals surface area contributed by atoms with Crippen LogP contribution in [0.3, 0.4) is 0 Å². The molecule has 1 heterocycles. The normalized spacial score (nSPS) is 17.9. The van der Waals surface area contributed by atoms with Crippen molar-refractivity contribution in [1.82, 2.24) is 0 Å². The van der Waals surface area contributed by atoms with E-state index in [1.165, 1.54) is 0 Å². The molecular weight excluding hydrogens is 440 g/mol. The summed E-state index contributed by atoms with van der Waals surface area (Å²) in [4.78, 5) is 0. The van der Waals surface area contributed by atoms with Gasteiger partial charge in [-0.15, -0.1) is 0 Å². The first-order valence-corrected chi connectivity index (χ1v) is 11.8. The van der Waals surface area contributed by atoms with E-state index in [9.17, 15) is 0 Å². The molecule has 0 bridgehead atoms. The fraction of sp³-hybridized carbons (Fsp3) is 0.538. The molecule has 8 heteroatoms. The molecular formula is C26H36O8. The Morgan fingerprint density at radius 2 is 0.735 bits per heavy atom. The highest BCUT2D eigenvalue weighted by Gasteiger charge is 2.10. The predicted octanol–water partition coefficient (Wildman–Crippen LogP) is 3.60. The van der Waals surface area contributed by atoms with Crippen LogP contribution in [0.5, 0.6) is 23.0 Å². The SMILES string of the molecule is Cc1cccc2c1OCCOCCOCCOc1cccc(C)c1OCCOCCOCCO2. The van der Waals surface area contributed by atoms with Gasteiger partial charge in [-0.2, -0.15) is 0 Å². The van der Waals surface area contributed by atoms with Gasteiger partial charge in [0.15, 0.2) is 23.0 Å². The third-order valence-corrected chi connectivity index (χ3v) is 5.01. The van der Waals surface area contributed by atoms with Gasteiger partial charge in [0.1, 0.15) is 26.4 Å². The Morgan fingerprint density at radius 3 is 1.12 bits per heavy atom. The molecule has 0 spiro atoms. The van der Waals surface area contributed by atoms with E-state index in [2.05, 4.69) is 0 Å². The van der Waals surface area contributed by atoms with Crippen LogP contribution in [0.15, 0.2) is 36.4 Å². The van der Waals surface area contributed by atoms with E-state index in [0.717, 1.165) is 22.6 Å². The molecule has 0 unspecified atom stereocenters. The van der Waals surface area contributed by atoms with Gasteiger partial charge in [-0.1, -0.05) is 24.3 Å². The second-order valence-corrected chi connectivity index (χ2v) is 7.65. The molecule has 3 rings (SSSR count). The summed E-state index contributed by atoms with van der Waals surface area (Å²) >= 11 is 0. The summed E-state index contributed by atoms with van der Waals surface area (Å²) in [6.45, 7) is 9.45. The standard InChI is InChI=1S/C26H36O8/c1-21-5-3-7-23-25(21)33-19-15-29-11-9-28-14-18-32-24-8-4-6-22(2)26(24)34-20-16-30-12-10-27-13-17-31-23/h3-8H,9-20H2,1-2H3. The molecule has 0 amide bonds. The molecule has 0 N–H and O–H groups in total. The van der Waals surface area contributed by atoms with Crippen LogP contribution >= 0.6 is 0 Å². The summed E-state index contributed by atoms with van der Waals surface area (Å²) in [5.74, 6) is 2.86. The summed E-state index contributed by atoms with van der Waals surface area (Å²) in [5.41, 5.74) is 2.02. The second kappa shape index (κ2) is 15.4. The zero-order valence-corrected chi connectivity index (χ0v) is 20.2. The maximum atomic E-state index is 5.92. The van der Waals surface area contributed by atoms with Gasteiger partial charge in [0.2, 0.25) is 0 Å². The maximum absolute atomic E-state index is 5.92. The van der Waals surface area contributed by atoms with Crippen LogP contribution < -0.4 is 18.9 Å². The van der Waals surface area contributed by atoms with E-state index in [0.29, 0.717) is 90.8 Å². The van der Waals surface area contributed by atoms with E-state index >= 15 is 0 Å². The minimum atomic E-state index is 0.423. The Hall–Kier alpha value is -2.52. The van der Waals surface area contributed by atoms with Gasteiger partial charge in [0, 0.05) is 0 Å². The molecule has 8 nitrogen and oxygen atoms in total. The summed E-state index contributed by atoms with van der Waals surface area (Å²) in [6.07, 6.45) is 0.